The molecule has 0 aliphatic rings. The lowest BCUT2D eigenvalue weighted by atomic mass is 10.1. The summed E-state index contributed by atoms with van der Waals surface area (Å²) in [7, 11) is 1.66. The molecule has 0 amide bonds. The highest BCUT2D eigenvalue weighted by Crippen LogP contribution is 2.23. The van der Waals surface area contributed by atoms with Crippen LogP contribution in [-0.2, 0) is 6.42 Å². The zero-order valence-corrected chi connectivity index (χ0v) is 13.0. The van der Waals surface area contributed by atoms with Gasteiger partial charge in [0.25, 0.3) is 0 Å². The van der Waals surface area contributed by atoms with Crippen molar-refractivity contribution in [2.75, 3.05) is 13.7 Å². The van der Waals surface area contributed by atoms with E-state index in [0.29, 0.717) is 6.61 Å². The number of para-hydroxylation sites is 1. The van der Waals surface area contributed by atoms with Crippen LogP contribution in [0.1, 0.15) is 5.56 Å². The lowest BCUT2D eigenvalue weighted by molar-refractivity contribution is 0.287. The van der Waals surface area contributed by atoms with Crippen molar-refractivity contribution in [1.82, 2.24) is 0 Å². The van der Waals surface area contributed by atoms with E-state index in [9.17, 15) is 0 Å². The number of halogens is 1. The highest BCUT2D eigenvalue weighted by atomic mass is 79.9. The molecule has 20 heavy (non-hydrogen) atoms. The molecule has 0 spiro atoms. The standard InChI is InChI=1S/C16H18BrNO2/c1-19-15-7-8-16(17)12(10-15)9-13(18)11-20-14-5-3-2-4-6-14/h2-8,10,13H,9,11,18H2,1H3. The van der Waals surface area contributed by atoms with Crippen molar-refractivity contribution in [3.8, 4) is 11.5 Å². The second-order valence-electron chi connectivity index (χ2n) is 4.55. The van der Waals surface area contributed by atoms with Gasteiger partial charge in [-0.05, 0) is 42.3 Å². The van der Waals surface area contributed by atoms with E-state index in [1.807, 2.05) is 48.5 Å². The van der Waals surface area contributed by atoms with Crippen LogP contribution in [0.2, 0.25) is 0 Å². The molecular formula is C16H18BrNO2. The number of hydrogen-bond acceptors (Lipinski definition) is 3. The molecule has 0 bridgehead atoms. The van der Waals surface area contributed by atoms with E-state index in [4.69, 9.17) is 15.2 Å². The minimum atomic E-state index is -0.0707. The van der Waals surface area contributed by atoms with Gasteiger partial charge in [0, 0.05) is 10.5 Å². The first-order valence-electron chi connectivity index (χ1n) is 6.45. The second kappa shape index (κ2) is 7.31. The molecule has 2 N–H and O–H groups in total. The minimum absolute atomic E-state index is 0.0707. The maximum Gasteiger partial charge on any atom is 0.119 e. The maximum atomic E-state index is 6.13. The fourth-order valence-electron chi connectivity index (χ4n) is 1.90. The number of nitrogens with two attached hydrogens (primary N) is 1. The van der Waals surface area contributed by atoms with Crippen LogP contribution in [-0.4, -0.2) is 19.8 Å². The monoisotopic (exact) mass is 335 g/mol. The molecule has 1 unspecified atom stereocenters. The molecule has 0 radical (unpaired) electrons. The average molecular weight is 336 g/mol. The third-order valence-electron chi connectivity index (χ3n) is 2.94. The summed E-state index contributed by atoms with van der Waals surface area (Å²) in [5.41, 5.74) is 7.25. The number of hydrogen-bond donors (Lipinski definition) is 1. The third kappa shape index (κ3) is 4.25. The van der Waals surface area contributed by atoms with Crippen molar-refractivity contribution in [2.45, 2.75) is 12.5 Å². The molecule has 0 saturated heterocycles. The Labute approximate surface area is 127 Å². The summed E-state index contributed by atoms with van der Waals surface area (Å²) < 4.78 is 11.9. The average Bonchev–Trinajstić information content (AvgIpc) is 2.48. The molecule has 0 aliphatic heterocycles. The minimum Gasteiger partial charge on any atom is -0.497 e. The fourth-order valence-corrected chi connectivity index (χ4v) is 2.30. The molecule has 0 saturated carbocycles. The van der Waals surface area contributed by atoms with Crippen LogP contribution < -0.4 is 15.2 Å². The van der Waals surface area contributed by atoms with Gasteiger partial charge < -0.3 is 15.2 Å². The molecule has 2 aromatic rings. The molecule has 1 atom stereocenters. The largest absolute Gasteiger partial charge is 0.497 e. The van der Waals surface area contributed by atoms with Crippen LogP contribution in [0, 0.1) is 0 Å². The van der Waals surface area contributed by atoms with Crippen LogP contribution in [0.5, 0.6) is 11.5 Å². The molecule has 2 aromatic carbocycles. The van der Waals surface area contributed by atoms with Crippen LogP contribution in [0.15, 0.2) is 53.0 Å². The summed E-state index contributed by atoms with van der Waals surface area (Å²) in [5.74, 6) is 1.67. The molecule has 106 valence electrons. The summed E-state index contributed by atoms with van der Waals surface area (Å²) in [4.78, 5) is 0. The van der Waals surface area contributed by atoms with Gasteiger partial charge in [0.05, 0.1) is 7.11 Å². The topological polar surface area (TPSA) is 44.5 Å². The van der Waals surface area contributed by atoms with Gasteiger partial charge in [0.2, 0.25) is 0 Å². The lowest BCUT2D eigenvalue weighted by Crippen LogP contribution is -2.30. The Balaban J connectivity index is 1.92. The molecule has 4 heteroatoms. The molecule has 3 nitrogen and oxygen atoms in total. The first-order chi connectivity index (χ1) is 9.69. The van der Waals surface area contributed by atoms with Crippen LogP contribution in [0.3, 0.4) is 0 Å². The van der Waals surface area contributed by atoms with Crippen molar-refractivity contribution in [1.29, 1.82) is 0 Å². The smallest absolute Gasteiger partial charge is 0.119 e. The van der Waals surface area contributed by atoms with E-state index in [1.54, 1.807) is 7.11 Å². The number of benzene rings is 2. The Kier molecular flexibility index (Phi) is 5.44. The van der Waals surface area contributed by atoms with Crippen molar-refractivity contribution in [2.24, 2.45) is 5.73 Å². The Morgan fingerprint density at radius 3 is 2.55 bits per heavy atom. The van der Waals surface area contributed by atoms with Gasteiger partial charge in [-0.3, -0.25) is 0 Å². The van der Waals surface area contributed by atoms with Crippen LogP contribution in [0.4, 0.5) is 0 Å². The normalized spacial score (nSPS) is 11.9. The van der Waals surface area contributed by atoms with E-state index < -0.39 is 0 Å². The highest BCUT2D eigenvalue weighted by molar-refractivity contribution is 9.10. The van der Waals surface area contributed by atoms with Crippen molar-refractivity contribution >= 4 is 15.9 Å². The lowest BCUT2D eigenvalue weighted by Gasteiger charge is -2.15. The SMILES string of the molecule is COc1ccc(Br)c(CC(N)COc2ccccc2)c1. The molecule has 0 heterocycles. The highest BCUT2D eigenvalue weighted by Gasteiger charge is 2.09. The maximum absolute atomic E-state index is 6.13. The summed E-state index contributed by atoms with van der Waals surface area (Å²) in [6, 6.07) is 15.5. The van der Waals surface area contributed by atoms with Gasteiger partial charge in [0.15, 0.2) is 0 Å². The van der Waals surface area contributed by atoms with Crippen LogP contribution >= 0.6 is 15.9 Å². The zero-order chi connectivity index (χ0) is 14.4. The summed E-state index contributed by atoms with van der Waals surface area (Å²) in [5, 5.41) is 0. The Bertz CT molecular complexity index is 545. The van der Waals surface area contributed by atoms with Gasteiger partial charge in [-0.2, -0.15) is 0 Å². The number of methoxy groups -OCH3 is 1. The van der Waals surface area contributed by atoms with Crippen molar-refractivity contribution < 1.29 is 9.47 Å². The van der Waals surface area contributed by atoms with Gasteiger partial charge >= 0.3 is 0 Å². The van der Waals surface area contributed by atoms with Crippen molar-refractivity contribution in [3.63, 3.8) is 0 Å². The molecular weight excluding hydrogens is 318 g/mol. The van der Waals surface area contributed by atoms with Gasteiger partial charge in [0.1, 0.15) is 18.1 Å². The van der Waals surface area contributed by atoms with E-state index in [-0.39, 0.29) is 6.04 Å². The molecule has 0 aromatic heterocycles. The predicted molar refractivity (Wildman–Crippen MR) is 84.3 cm³/mol. The number of rotatable bonds is 6. The predicted octanol–water partition coefficient (Wildman–Crippen LogP) is 3.41. The summed E-state index contributed by atoms with van der Waals surface area (Å²) in [6.45, 7) is 0.480. The second-order valence-corrected chi connectivity index (χ2v) is 5.40. The Hall–Kier alpha value is -1.52. The summed E-state index contributed by atoms with van der Waals surface area (Å²) in [6.07, 6.45) is 0.727. The van der Waals surface area contributed by atoms with Crippen LogP contribution in [0.25, 0.3) is 0 Å². The third-order valence-corrected chi connectivity index (χ3v) is 3.72. The van der Waals surface area contributed by atoms with Crippen molar-refractivity contribution in [3.05, 3.63) is 58.6 Å². The van der Waals surface area contributed by atoms with Gasteiger partial charge in [-0.1, -0.05) is 34.1 Å². The fraction of sp³-hybridized carbons (Fsp3) is 0.250. The van der Waals surface area contributed by atoms with E-state index in [1.165, 1.54) is 0 Å². The van der Waals surface area contributed by atoms with E-state index in [2.05, 4.69) is 15.9 Å². The molecule has 2 rings (SSSR count). The van der Waals surface area contributed by atoms with Gasteiger partial charge in [-0.25, -0.2) is 0 Å². The first-order valence-corrected chi connectivity index (χ1v) is 7.24. The van der Waals surface area contributed by atoms with E-state index in [0.717, 1.165) is 28.0 Å². The first kappa shape index (κ1) is 14.9. The van der Waals surface area contributed by atoms with E-state index >= 15 is 0 Å². The Morgan fingerprint density at radius 1 is 1.10 bits per heavy atom. The summed E-state index contributed by atoms with van der Waals surface area (Å²) >= 11 is 3.53. The quantitative estimate of drug-likeness (QED) is 0.879. The molecule has 0 fully saturated rings. The number of ether oxygens (including phenoxy) is 2. The van der Waals surface area contributed by atoms with Gasteiger partial charge in [-0.15, -0.1) is 0 Å². The Morgan fingerprint density at radius 2 is 1.85 bits per heavy atom. The molecule has 0 aliphatic carbocycles. The zero-order valence-electron chi connectivity index (χ0n) is 11.4.